The van der Waals surface area contributed by atoms with E-state index in [1.807, 2.05) is 0 Å². The number of hydrogen-bond donors (Lipinski definition) is 1. The minimum Gasteiger partial charge on any atom is -0.330 e. The molecule has 0 saturated carbocycles. The van der Waals surface area contributed by atoms with Crippen LogP contribution in [0.15, 0.2) is 0 Å². The molecule has 2 atom stereocenters. The van der Waals surface area contributed by atoms with Gasteiger partial charge in [-0.25, -0.2) is 0 Å². The molecule has 0 aromatic rings. The molecule has 2 N–H and O–H groups in total. The van der Waals surface area contributed by atoms with E-state index < -0.39 is 0 Å². The highest BCUT2D eigenvalue weighted by molar-refractivity contribution is 7.99. The van der Waals surface area contributed by atoms with Crippen molar-refractivity contribution < 1.29 is 0 Å². The molecule has 88 valence electrons. The van der Waals surface area contributed by atoms with E-state index in [1.165, 1.54) is 56.6 Å². The maximum atomic E-state index is 5.72. The summed E-state index contributed by atoms with van der Waals surface area (Å²) in [5, 5.41) is 0. The molecule has 3 heteroatoms. The molecule has 2 saturated heterocycles. The van der Waals surface area contributed by atoms with Gasteiger partial charge >= 0.3 is 0 Å². The lowest BCUT2D eigenvalue weighted by molar-refractivity contribution is 0.0945. The van der Waals surface area contributed by atoms with Gasteiger partial charge in [0.2, 0.25) is 0 Å². The van der Waals surface area contributed by atoms with E-state index in [4.69, 9.17) is 5.73 Å². The summed E-state index contributed by atoms with van der Waals surface area (Å²) >= 11 is 2.14. The van der Waals surface area contributed by atoms with Crippen LogP contribution in [0.5, 0.6) is 0 Å². The fourth-order valence-electron chi connectivity index (χ4n) is 2.99. The largest absolute Gasteiger partial charge is 0.330 e. The second-order valence-electron chi connectivity index (χ2n) is 4.84. The molecule has 2 unspecified atom stereocenters. The molecule has 2 rings (SSSR count). The SMILES string of the molecule is NCCC1CCCCN1C1CCCSC1. The van der Waals surface area contributed by atoms with Crippen molar-refractivity contribution in [1.29, 1.82) is 0 Å². The first-order valence-electron chi connectivity index (χ1n) is 6.45. The Bertz CT molecular complexity index is 168. The fraction of sp³-hybridized carbons (Fsp3) is 1.00. The monoisotopic (exact) mass is 228 g/mol. The van der Waals surface area contributed by atoms with E-state index in [9.17, 15) is 0 Å². The van der Waals surface area contributed by atoms with E-state index >= 15 is 0 Å². The van der Waals surface area contributed by atoms with Gasteiger partial charge in [0, 0.05) is 17.8 Å². The summed E-state index contributed by atoms with van der Waals surface area (Å²) in [6.45, 7) is 2.19. The predicted molar refractivity (Wildman–Crippen MR) is 68.4 cm³/mol. The molecule has 2 aliphatic rings. The molecule has 2 fully saturated rings. The Hall–Kier alpha value is 0.270. The van der Waals surface area contributed by atoms with Crippen molar-refractivity contribution >= 4 is 11.8 Å². The number of rotatable bonds is 3. The van der Waals surface area contributed by atoms with Gasteiger partial charge in [-0.05, 0) is 50.9 Å². The Morgan fingerprint density at radius 2 is 2.13 bits per heavy atom. The summed E-state index contributed by atoms with van der Waals surface area (Å²) in [5.74, 6) is 2.74. The van der Waals surface area contributed by atoms with Gasteiger partial charge < -0.3 is 5.73 Å². The lowest BCUT2D eigenvalue weighted by Gasteiger charge is -2.42. The van der Waals surface area contributed by atoms with Crippen LogP contribution >= 0.6 is 11.8 Å². The maximum absolute atomic E-state index is 5.72. The minimum absolute atomic E-state index is 0.799. The highest BCUT2D eigenvalue weighted by Crippen LogP contribution is 2.28. The summed E-state index contributed by atoms with van der Waals surface area (Å²) in [4.78, 5) is 2.78. The molecule has 0 aromatic carbocycles. The molecule has 2 aliphatic heterocycles. The highest BCUT2D eigenvalue weighted by Gasteiger charge is 2.29. The number of thioether (sulfide) groups is 1. The molecule has 0 radical (unpaired) electrons. The molecule has 2 heterocycles. The summed E-state index contributed by atoms with van der Waals surface area (Å²) in [7, 11) is 0. The van der Waals surface area contributed by atoms with Crippen molar-refractivity contribution in [3.63, 3.8) is 0 Å². The van der Waals surface area contributed by atoms with Crippen LogP contribution in [0.25, 0.3) is 0 Å². The molecule has 0 spiro atoms. The van der Waals surface area contributed by atoms with Crippen LogP contribution in [0.1, 0.15) is 38.5 Å². The van der Waals surface area contributed by atoms with Gasteiger partial charge in [-0.3, -0.25) is 4.90 Å². The number of piperidine rings is 1. The van der Waals surface area contributed by atoms with Crippen LogP contribution in [0.2, 0.25) is 0 Å². The summed E-state index contributed by atoms with van der Waals surface area (Å²) < 4.78 is 0. The van der Waals surface area contributed by atoms with Crippen LogP contribution in [0, 0.1) is 0 Å². The van der Waals surface area contributed by atoms with Gasteiger partial charge in [0.1, 0.15) is 0 Å². The van der Waals surface area contributed by atoms with E-state index in [0.29, 0.717) is 0 Å². The minimum atomic E-state index is 0.799. The van der Waals surface area contributed by atoms with E-state index in [0.717, 1.165) is 18.6 Å². The average Bonchev–Trinajstić information content (AvgIpc) is 2.31. The number of nitrogens with zero attached hydrogens (tertiary/aromatic N) is 1. The van der Waals surface area contributed by atoms with Gasteiger partial charge in [0.15, 0.2) is 0 Å². The molecular weight excluding hydrogens is 204 g/mol. The maximum Gasteiger partial charge on any atom is 0.0189 e. The first-order valence-corrected chi connectivity index (χ1v) is 7.61. The Morgan fingerprint density at radius 3 is 2.87 bits per heavy atom. The van der Waals surface area contributed by atoms with Crippen molar-refractivity contribution in [1.82, 2.24) is 4.90 Å². The smallest absolute Gasteiger partial charge is 0.0189 e. The number of hydrogen-bond acceptors (Lipinski definition) is 3. The quantitative estimate of drug-likeness (QED) is 0.802. The van der Waals surface area contributed by atoms with Crippen molar-refractivity contribution in [3.05, 3.63) is 0 Å². The van der Waals surface area contributed by atoms with Crippen LogP contribution in [-0.2, 0) is 0 Å². The molecule has 15 heavy (non-hydrogen) atoms. The third-order valence-corrected chi connectivity index (χ3v) is 4.98. The molecule has 0 aromatic heterocycles. The summed E-state index contributed by atoms with van der Waals surface area (Å²) in [5.41, 5.74) is 5.72. The lowest BCUT2D eigenvalue weighted by Crippen LogP contribution is -2.49. The lowest BCUT2D eigenvalue weighted by atomic mass is 9.96. The van der Waals surface area contributed by atoms with Crippen molar-refractivity contribution in [2.45, 2.75) is 50.6 Å². The highest BCUT2D eigenvalue weighted by atomic mass is 32.2. The molecule has 0 amide bonds. The predicted octanol–water partition coefficient (Wildman–Crippen LogP) is 2.09. The molecular formula is C12H24N2S. The van der Waals surface area contributed by atoms with Crippen LogP contribution in [-0.4, -0.2) is 41.6 Å². The van der Waals surface area contributed by atoms with Gasteiger partial charge in [-0.15, -0.1) is 0 Å². The third kappa shape index (κ3) is 3.11. The van der Waals surface area contributed by atoms with Crippen molar-refractivity contribution in [3.8, 4) is 0 Å². The van der Waals surface area contributed by atoms with Crippen molar-refractivity contribution in [2.75, 3.05) is 24.6 Å². The van der Waals surface area contributed by atoms with Crippen LogP contribution < -0.4 is 5.73 Å². The van der Waals surface area contributed by atoms with Crippen molar-refractivity contribution in [2.24, 2.45) is 5.73 Å². The van der Waals surface area contributed by atoms with E-state index in [2.05, 4.69) is 16.7 Å². The van der Waals surface area contributed by atoms with Gasteiger partial charge in [-0.1, -0.05) is 6.42 Å². The average molecular weight is 228 g/mol. The third-order valence-electron chi connectivity index (χ3n) is 3.78. The molecule has 0 aliphatic carbocycles. The second kappa shape index (κ2) is 6.12. The van der Waals surface area contributed by atoms with Crippen LogP contribution in [0.4, 0.5) is 0 Å². The van der Waals surface area contributed by atoms with Gasteiger partial charge in [0.05, 0.1) is 0 Å². The zero-order valence-corrected chi connectivity index (χ0v) is 10.5. The van der Waals surface area contributed by atoms with E-state index in [1.54, 1.807) is 0 Å². The summed E-state index contributed by atoms with van der Waals surface area (Å²) in [6, 6.07) is 1.66. The number of nitrogens with two attached hydrogens (primary N) is 1. The van der Waals surface area contributed by atoms with E-state index in [-0.39, 0.29) is 0 Å². The fourth-order valence-corrected chi connectivity index (χ4v) is 4.16. The molecule has 0 bridgehead atoms. The number of likely N-dealkylation sites (tertiary alicyclic amines) is 1. The first kappa shape index (κ1) is 11.7. The summed E-state index contributed by atoms with van der Waals surface area (Å²) in [6.07, 6.45) is 8.26. The Morgan fingerprint density at radius 1 is 1.20 bits per heavy atom. The zero-order valence-electron chi connectivity index (χ0n) is 9.66. The first-order chi connectivity index (χ1) is 7.42. The van der Waals surface area contributed by atoms with Gasteiger partial charge in [-0.2, -0.15) is 11.8 Å². The topological polar surface area (TPSA) is 29.3 Å². The van der Waals surface area contributed by atoms with Crippen LogP contribution in [0.3, 0.4) is 0 Å². The second-order valence-corrected chi connectivity index (χ2v) is 5.99. The standard InChI is InChI=1S/C12H24N2S/c13-7-6-11-4-1-2-8-14(11)12-5-3-9-15-10-12/h11-12H,1-10,13H2. The zero-order chi connectivity index (χ0) is 10.5. The van der Waals surface area contributed by atoms with Gasteiger partial charge in [0.25, 0.3) is 0 Å². The normalized spacial score (nSPS) is 34.2. The molecule has 2 nitrogen and oxygen atoms in total. The Kier molecular flexibility index (Phi) is 4.79. The Balaban J connectivity index is 1.90. The Labute approximate surface area is 98.0 Å².